The number of aliphatic imine (C=N–C) groups is 4. The number of phenolic OH excluding ortho intramolecular Hbond substituents is 4. The average molecular weight is 1120 g/mol. The number of nitrogens with zero attached hydrogens (tertiary/aromatic N) is 4. The average Bonchev–Trinajstić information content (AvgIpc) is 3.33. The molecule has 382 valence electrons. The van der Waals surface area contributed by atoms with Gasteiger partial charge in [-0.15, -0.1) is 20.5 Å². The molecular formula is C54H44Cl2Mn2N4O12-2. The Labute approximate surface area is 450 Å². The Morgan fingerprint density at radius 2 is 0.541 bits per heavy atom. The van der Waals surface area contributed by atoms with Crippen LogP contribution >= 0.6 is 0 Å². The number of aromatic hydroxyl groups is 4. The molecule has 2 radical (unpaired) electrons. The molecule has 8 bridgehead atoms. The topological polar surface area (TPSA) is 315 Å². The van der Waals surface area contributed by atoms with E-state index in [0.717, 1.165) is 66.1 Å². The monoisotopic (exact) mass is 1120 g/mol. The van der Waals surface area contributed by atoms with Gasteiger partial charge < -0.3 is 20.4 Å². The van der Waals surface area contributed by atoms with Gasteiger partial charge in [0, 0.05) is 107 Å². The van der Waals surface area contributed by atoms with Crippen LogP contribution in [0, 0.1) is 20.5 Å². The number of halogens is 2. The summed E-state index contributed by atoms with van der Waals surface area (Å²) in [5, 5.41) is 47.6. The van der Waals surface area contributed by atoms with E-state index in [1.54, 1.807) is 49.1 Å². The Balaban J connectivity index is 0.000000773. The fraction of sp³-hybridized carbons (Fsp3) is 0.111. The van der Waals surface area contributed by atoms with E-state index < -0.39 is 20.5 Å². The third kappa shape index (κ3) is 16.2. The van der Waals surface area contributed by atoms with Crippen LogP contribution in [0.25, 0.3) is 66.1 Å². The summed E-state index contributed by atoms with van der Waals surface area (Å²) < 4.78 is 67.9. The van der Waals surface area contributed by atoms with Crippen LogP contribution < -0.4 is 37.3 Å². The molecule has 1 aliphatic rings. The van der Waals surface area contributed by atoms with Crippen LogP contribution in [0.2, 0.25) is 0 Å². The summed E-state index contributed by atoms with van der Waals surface area (Å²) in [4.78, 5) is 18.6. The molecule has 20 heteroatoms. The van der Waals surface area contributed by atoms with Gasteiger partial charge in [-0.05, 0) is 127 Å². The zero-order valence-corrected chi connectivity index (χ0v) is 42.6. The molecule has 0 atom stereocenters. The number of rotatable bonds is 0. The largest absolute Gasteiger partial charge is 0.507 e. The third-order valence-corrected chi connectivity index (χ3v) is 11.2. The Hall–Kier alpha value is -6.54. The van der Waals surface area contributed by atoms with Crippen LogP contribution in [0.1, 0.15) is 35.1 Å². The number of hydrogen-bond donors (Lipinski definition) is 4. The molecule has 0 saturated heterocycles. The Kier molecular flexibility index (Phi) is 21.0. The van der Waals surface area contributed by atoms with E-state index in [-0.39, 0.29) is 57.1 Å². The predicted octanol–water partition coefficient (Wildman–Crippen LogP) is 2.14. The molecular weight excluding hydrogens is 1080 g/mol. The minimum Gasteiger partial charge on any atom is -0.507 e. The van der Waals surface area contributed by atoms with Crippen LogP contribution in [0.15, 0.2) is 166 Å². The second-order valence-corrected chi connectivity index (χ2v) is 17.6. The second kappa shape index (κ2) is 26.6. The molecule has 0 aliphatic carbocycles. The number of benzene rings is 8. The molecule has 0 unspecified atom stereocenters. The summed E-state index contributed by atoms with van der Waals surface area (Å²) in [5.74, 6) is 0.570. The molecule has 16 nitrogen and oxygen atoms in total. The standard InChI is InChI=1S/C54H44N4O4.2ClHO4.2Mn/c59-49-19-15-37-27-41(49)31-55-23-5-24-57-33-43-29-39(17-21-51(43)61)47-13-3-9-36-10-4-14-48(54(36)47)40-18-22-52(62)44(30-40)34-58-26-6-25-56-32-42-28-38(16-20-50(42)60)46-12-2-8-35-7-1-11-45(37)53(35)46;2*2-1(3,4)5;;/h1-4,7-22,27-34,59-62H,5-6,23-26H2;2*(H,2,3,4,5);;/p-2. The molecule has 0 fully saturated rings. The maximum absolute atomic E-state index is 10.9. The van der Waals surface area contributed by atoms with Crippen molar-refractivity contribution >= 4 is 46.4 Å². The van der Waals surface area contributed by atoms with Crippen molar-refractivity contribution in [1.82, 2.24) is 0 Å². The number of phenols is 4. The van der Waals surface area contributed by atoms with Gasteiger partial charge in [0.05, 0.1) is 0 Å². The molecule has 8 aromatic rings. The summed E-state index contributed by atoms with van der Waals surface area (Å²) >= 11 is 0. The number of hydrogen-bond acceptors (Lipinski definition) is 16. The summed E-state index contributed by atoms with van der Waals surface area (Å²) in [5.41, 5.74) is 10.2. The minimum atomic E-state index is -4.94. The first-order chi connectivity index (χ1) is 34.4. The van der Waals surface area contributed by atoms with Gasteiger partial charge in [0.2, 0.25) is 0 Å². The maximum Gasteiger partial charge on any atom is 0.124 e. The summed E-state index contributed by atoms with van der Waals surface area (Å²) in [6.07, 6.45) is 8.19. The fourth-order valence-electron chi connectivity index (χ4n) is 8.10. The van der Waals surface area contributed by atoms with Crippen molar-refractivity contribution in [3.8, 4) is 67.5 Å². The van der Waals surface area contributed by atoms with E-state index in [9.17, 15) is 20.4 Å². The molecule has 1 aliphatic heterocycles. The van der Waals surface area contributed by atoms with Crippen LogP contribution in [-0.4, -0.2) is 71.5 Å². The van der Waals surface area contributed by atoms with Crippen molar-refractivity contribution in [3.63, 3.8) is 0 Å². The van der Waals surface area contributed by atoms with Gasteiger partial charge in [-0.25, -0.2) is 37.3 Å². The second-order valence-electron chi connectivity index (χ2n) is 16.1. The van der Waals surface area contributed by atoms with E-state index in [1.165, 1.54) is 0 Å². The maximum atomic E-state index is 10.9. The first-order valence-corrected chi connectivity index (χ1v) is 24.5. The van der Waals surface area contributed by atoms with Crippen molar-refractivity contribution in [2.24, 2.45) is 20.0 Å². The van der Waals surface area contributed by atoms with Crippen molar-refractivity contribution in [2.45, 2.75) is 12.8 Å². The molecule has 0 aromatic heterocycles. The summed E-state index contributed by atoms with van der Waals surface area (Å²) in [6, 6.07) is 47.1. The Morgan fingerprint density at radius 3 is 0.757 bits per heavy atom. The van der Waals surface area contributed by atoms with Gasteiger partial charge in [-0.2, -0.15) is 0 Å². The van der Waals surface area contributed by atoms with E-state index in [1.807, 2.05) is 72.8 Å². The van der Waals surface area contributed by atoms with Crippen LogP contribution in [0.4, 0.5) is 0 Å². The van der Waals surface area contributed by atoms with Gasteiger partial charge in [0.25, 0.3) is 0 Å². The van der Waals surface area contributed by atoms with Crippen LogP contribution in [-0.2, 0) is 34.1 Å². The summed E-state index contributed by atoms with van der Waals surface area (Å²) in [6.45, 7) is 2.01. The first-order valence-electron chi connectivity index (χ1n) is 22.0. The fourth-order valence-corrected chi connectivity index (χ4v) is 8.10. The van der Waals surface area contributed by atoms with Gasteiger partial charge in [-0.1, -0.05) is 97.1 Å². The normalized spacial score (nSPS) is 12.9. The van der Waals surface area contributed by atoms with Gasteiger partial charge >= 0.3 is 0 Å². The Morgan fingerprint density at radius 1 is 0.324 bits per heavy atom. The van der Waals surface area contributed by atoms with Crippen LogP contribution in [0.3, 0.4) is 0 Å². The zero-order chi connectivity index (χ0) is 51.4. The molecule has 0 amide bonds. The van der Waals surface area contributed by atoms with Crippen molar-refractivity contribution in [3.05, 3.63) is 168 Å². The predicted molar refractivity (Wildman–Crippen MR) is 255 cm³/mol. The van der Waals surface area contributed by atoms with Crippen molar-refractivity contribution < 1.29 is 112 Å². The van der Waals surface area contributed by atoms with Gasteiger partial charge in [-0.3, -0.25) is 20.0 Å². The molecule has 4 N–H and O–H groups in total. The first kappa shape index (κ1) is 58.3. The molecule has 1 heterocycles. The summed E-state index contributed by atoms with van der Waals surface area (Å²) in [7, 11) is -9.89. The Bertz CT molecular complexity index is 2920. The molecule has 0 spiro atoms. The SMILES string of the molecule is Oc1ccc2cc1C=NCCCN=Cc1cc(ccc1O)-c1cccc3cccc(c13)-c1ccc(O)c(c1)C=NCCCN=Cc1cc(ccc1O)-c1cccc3cccc-2c13.[Mn].[Mn].[O-][Cl+3]([O-])([O-])[O-].[O-][Cl+3]([O-])([O-])[O-]. The van der Waals surface area contributed by atoms with Gasteiger partial charge in [0.15, 0.2) is 0 Å². The van der Waals surface area contributed by atoms with Crippen molar-refractivity contribution in [2.75, 3.05) is 26.2 Å². The molecule has 8 aromatic carbocycles. The van der Waals surface area contributed by atoms with Crippen molar-refractivity contribution in [1.29, 1.82) is 0 Å². The van der Waals surface area contributed by atoms with Gasteiger partial charge in [0.1, 0.15) is 23.0 Å². The van der Waals surface area contributed by atoms with E-state index >= 15 is 0 Å². The molecule has 9 rings (SSSR count). The number of fused-ring (bicyclic) bond motifs is 12. The smallest absolute Gasteiger partial charge is 0.124 e. The minimum absolute atomic E-state index is 0. The van der Waals surface area contributed by atoms with E-state index in [4.69, 9.17) is 37.3 Å². The molecule has 74 heavy (non-hydrogen) atoms. The van der Waals surface area contributed by atoms with E-state index in [0.29, 0.717) is 61.3 Å². The van der Waals surface area contributed by atoms with Crippen LogP contribution in [0.5, 0.6) is 23.0 Å². The molecule has 0 saturated carbocycles. The third-order valence-electron chi connectivity index (χ3n) is 11.2. The zero-order valence-electron chi connectivity index (χ0n) is 38.8. The van der Waals surface area contributed by atoms with E-state index in [2.05, 4.69) is 68.5 Å². The quantitative estimate of drug-likeness (QED) is 0.159.